The first-order valence-electron chi connectivity index (χ1n) is 4.71. The topological polar surface area (TPSA) is 86.5 Å². The summed E-state index contributed by atoms with van der Waals surface area (Å²) in [7, 11) is -3.88. The number of rotatable bonds is 6. The smallest absolute Gasteiger partial charge is 0.312 e. The summed E-state index contributed by atoms with van der Waals surface area (Å²) in [5, 5.41) is 11.1. The van der Waals surface area contributed by atoms with Crippen molar-refractivity contribution in [3.63, 3.8) is 0 Å². The number of nitro groups is 1. The molecule has 1 unspecified atom stereocenters. The van der Waals surface area contributed by atoms with Gasteiger partial charge in [0.1, 0.15) is 0 Å². The molecule has 0 aliphatic heterocycles. The van der Waals surface area contributed by atoms with Gasteiger partial charge in [-0.1, -0.05) is 44.0 Å². The van der Waals surface area contributed by atoms with E-state index in [1.807, 2.05) is 0 Å². The average Bonchev–Trinajstić information content (AvgIpc) is 2.28. The molecule has 0 bridgehead atoms. The van der Waals surface area contributed by atoms with Crippen LogP contribution in [0.2, 0.25) is 0 Å². The standard InChI is InChI=1S/C9H9Br2NO5S/c10-5-7(11)6-18(15,16)17-9-4-2-1-3-8(9)12(13)14/h1-4,7H,5-6H2. The largest absolute Gasteiger partial charge is 0.375 e. The normalized spacial score (nSPS) is 13.0. The number of alkyl halides is 2. The monoisotopic (exact) mass is 401 g/mol. The maximum absolute atomic E-state index is 11.6. The van der Waals surface area contributed by atoms with Crippen LogP contribution >= 0.6 is 31.9 Å². The lowest BCUT2D eigenvalue weighted by Crippen LogP contribution is -2.22. The van der Waals surface area contributed by atoms with E-state index in [2.05, 4.69) is 31.9 Å². The van der Waals surface area contributed by atoms with Gasteiger partial charge in [-0.05, 0) is 6.07 Å². The van der Waals surface area contributed by atoms with E-state index in [0.717, 1.165) is 0 Å². The third-order valence-corrected chi connectivity index (χ3v) is 5.80. The zero-order valence-electron chi connectivity index (χ0n) is 8.95. The van der Waals surface area contributed by atoms with Gasteiger partial charge in [-0.25, -0.2) is 0 Å². The Morgan fingerprint density at radius 2 is 2.00 bits per heavy atom. The molecule has 0 aliphatic carbocycles. The first-order chi connectivity index (χ1) is 8.35. The Balaban J connectivity index is 2.94. The fourth-order valence-electron chi connectivity index (χ4n) is 1.12. The molecule has 1 aromatic carbocycles. The average molecular weight is 403 g/mol. The van der Waals surface area contributed by atoms with Gasteiger partial charge in [0.15, 0.2) is 0 Å². The Labute approximate surface area is 121 Å². The Morgan fingerprint density at radius 3 is 2.56 bits per heavy atom. The highest BCUT2D eigenvalue weighted by Gasteiger charge is 2.23. The summed E-state index contributed by atoms with van der Waals surface area (Å²) in [5.74, 6) is -0.568. The predicted molar refractivity (Wildman–Crippen MR) is 74.0 cm³/mol. The van der Waals surface area contributed by atoms with E-state index in [4.69, 9.17) is 4.18 Å². The van der Waals surface area contributed by atoms with E-state index in [-0.39, 0.29) is 22.0 Å². The van der Waals surface area contributed by atoms with Crippen molar-refractivity contribution < 1.29 is 17.5 Å². The molecule has 0 heterocycles. The second-order valence-corrected chi connectivity index (χ2v) is 6.84. The molecule has 6 nitrogen and oxygen atoms in total. The summed E-state index contributed by atoms with van der Waals surface area (Å²) in [5.41, 5.74) is -0.383. The molecule has 18 heavy (non-hydrogen) atoms. The van der Waals surface area contributed by atoms with E-state index >= 15 is 0 Å². The molecule has 9 heteroatoms. The third kappa shape index (κ3) is 4.54. The van der Waals surface area contributed by atoms with Crippen LogP contribution in [0, 0.1) is 10.1 Å². The molecule has 1 aromatic rings. The molecule has 0 radical (unpaired) electrons. The van der Waals surface area contributed by atoms with Gasteiger partial charge in [0.2, 0.25) is 5.75 Å². The SMILES string of the molecule is O=[N+]([O-])c1ccccc1OS(=O)(=O)CC(Br)CBr. The van der Waals surface area contributed by atoms with Crippen LogP contribution in [0.5, 0.6) is 5.75 Å². The number of halogens is 2. The molecule has 1 rings (SSSR count). The van der Waals surface area contributed by atoms with Crippen LogP contribution in [-0.4, -0.2) is 29.3 Å². The zero-order valence-corrected chi connectivity index (χ0v) is 12.9. The highest BCUT2D eigenvalue weighted by Crippen LogP contribution is 2.27. The summed E-state index contributed by atoms with van der Waals surface area (Å²) in [6, 6.07) is 5.32. The number of nitrogens with zero attached hydrogens (tertiary/aromatic N) is 1. The molecule has 100 valence electrons. The number of nitro benzene ring substituents is 1. The van der Waals surface area contributed by atoms with Gasteiger partial charge in [-0.2, -0.15) is 8.42 Å². The fraction of sp³-hybridized carbons (Fsp3) is 0.333. The van der Waals surface area contributed by atoms with Crippen molar-refractivity contribution in [1.82, 2.24) is 0 Å². The number of para-hydroxylation sites is 2. The highest BCUT2D eigenvalue weighted by molar-refractivity contribution is 9.12. The van der Waals surface area contributed by atoms with Crippen LogP contribution in [0.3, 0.4) is 0 Å². The maximum Gasteiger partial charge on any atom is 0.312 e. The first-order valence-corrected chi connectivity index (χ1v) is 8.33. The van der Waals surface area contributed by atoms with E-state index < -0.39 is 15.0 Å². The van der Waals surface area contributed by atoms with Gasteiger partial charge < -0.3 is 4.18 Å². The van der Waals surface area contributed by atoms with E-state index in [0.29, 0.717) is 5.33 Å². The maximum atomic E-state index is 11.6. The van der Waals surface area contributed by atoms with Crippen molar-refractivity contribution in [2.45, 2.75) is 4.83 Å². The Kier molecular flexibility index (Phi) is 5.54. The minimum atomic E-state index is -3.88. The Hall–Kier alpha value is -0.670. The summed E-state index contributed by atoms with van der Waals surface area (Å²) in [6.45, 7) is 0. The van der Waals surface area contributed by atoms with Crippen molar-refractivity contribution >= 4 is 47.7 Å². The molecule has 0 aromatic heterocycles. The molecule has 1 atom stereocenters. The van der Waals surface area contributed by atoms with Gasteiger partial charge in [0.05, 0.1) is 10.7 Å². The first kappa shape index (κ1) is 15.4. The highest BCUT2D eigenvalue weighted by atomic mass is 79.9. The van der Waals surface area contributed by atoms with Crippen molar-refractivity contribution in [1.29, 1.82) is 0 Å². The second kappa shape index (κ2) is 6.48. The summed E-state index contributed by atoms with van der Waals surface area (Å²) in [4.78, 5) is 9.68. The van der Waals surface area contributed by atoms with E-state index in [1.54, 1.807) is 0 Å². The van der Waals surface area contributed by atoms with Crippen molar-refractivity contribution in [2.75, 3.05) is 11.1 Å². The molecule has 0 aliphatic rings. The molecule has 0 saturated carbocycles. The van der Waals surface area contributed by atoms with Gasteiger partial charge >= 0.3 is 15.8 Å². The summed E-state index contributed by atoms with van der Waals surface area (Å²) in [6.07, 6.45) is 0. The summed E-state index contributed by atoms with van der Waals surface area (Å²) >= 11 is 6.25. The van der Waals surface area contributed by atoms with Gasteiger partial charge in [-0.3, -0.25) is 10.1 Å². The lowest BCUT2D eigenvalue weighted by atomic mass is 10.3. The second-order valence-electron chi connectivity index (χ2n) is 3.28. The minimum Gasteiger partial charge on any atom is -0.375 e. The van der Waals surface area contributed by atoms with Gasteiger partial charge in [-0.15, -0.1) is 0 Å². The number of hydrogen-bond acceptors (Lipinski definition) is 5. The van der Waals surface area contributed by atoms with Crippen LogP contribution in [0.15, 0.2) is 24.3 Å². The number of benzene rings is 1. The van der Waals surface area contributed by atoms with Crippen molar-refractivity contribution in [3.05, 3.63) is 34.4 Å². The quantitative estimate of drug-likeness (QED) is 0.315. The molecule has 0 fully saturated rings. The zero-order chi connectivity index (χ0) is 13.8. The summed E-state index contributed by atoms with van der Waals surface area (Å²) < 4.78 is 28.0. The third-order valence-electron chi connectivity index (χ3n) is 1.83. The molecule has 0 amide bonds. The van der Waals surface area contributed by atoms with E-state index in [9.17, 15) is 18.5 Å². The predicted octanol–water partition coefficient (Wildman–Crippen LogP) is 2.46. The van der Waals surface area contributed by atoms with Crippen LogP contribution in [0.1, 0.15) is 0 Å². The molecule has 0 spiro atoms. The lowest BCUT2D eigenvalue weighted by molar-refractivity contribution is -0.385. The fourth-order valence-corrected chi connectivity index (χ4v) is 3.66. The van der Waals surface area contributed by atoms with Gasteiger partial charge in [0.25, 0.3) is 0 Å². The van der Waals surface area contributed by atoms with Crippen molar-refractivity contribution in [3.8, 4) is 5.75 Å². The molecule has 0 N–H and O–H groups in total. The minimum absolute atomic E-state index is 0.281. The molecule has 0 saturated heterocycles. The van der Waals surface area contributed by atoms with Crippen LogP contribution in [-0.2, 0) is 10.1 Å². The lowest BCUT2D eigenvalue weighted by Gasteiger charge is -2.09. The Morgan fingerprint density at radius 1 is 1.39 bits per heavy atom. The van der Waals surface area contributed by atoms with Crippen LogP contribution < -0.4 is 4.18 Å². The van der Waals surface area contributed by atoms with Crippen LogP contribution in [0.25, 0.3) is 0 Å². The Bertz CT molecular complexity index is 534. The molecular weight excluding hydrogens is 394 g/mol. The number of hydrogen-bond donors (Lipinski definition) is 0. The molecular formula is C9H9Br2NO5S. The van der Waals surface area contributed by atoms with Crippen LogP contribution in [0.4, 0.5) is 5.69 Å². The van der Waals surface area contributed by atoms with E-state index in [1.165, 1.54) is 24.3 Å². The van der Waals surface area contributed by atoms with Gasteiger partial charge in [0, 0.05) is 16.2 Å². The van der Waals surface area contributed by atoms with Crippen molar-refractivity contribution in [2.24, 2.45) is 0 Å².